The molecule has 1 aromatic carbocycles. The summed E-state index contributed by atoms with van der Waals surface area (Å²) in [5.41, 5.74) is 2.14. The third-order valence-electron chi connectivity index (χ3n) is 5.42. The van der Waals surface area contributed by atoms with Gasteiger partial charge < -0.3 is 14.2 Å². The first-order valence-electron chi connectivity index (χ1n) is 10.1. The molecule has 0 unspecified atom stereocenters. The van der Waals surface area contributed by atoms with Crippen molar-refractivity contribution in [3.05, 3.63) is 47.4 Å². The Bertz CT molecular complexity index is 1070. The lowest BCUT2D eigenvalue weighted by atomic mass is 9.93. The second kappa shape index (κ2) is 8.47. The molecule has 2 aromatic heterocycles. The van der Waals surface area contributed by atoms with Gasteiger partial charge in [-0.3, -0.25) is 4.79 Å². The van der Waals surface area contributed by atoms with Gasteiger partial charge in [0, 0.05) is 30.3 Å². The average molecular weight is 428 g/mol. The third-order valence-corrected chi connectivity index (χ3v) is 6.42. The summed E-state index contributed by atoms with van der Waals surface area (Å²) in [7, 11) is 0. The largest absolute Gasteiger partial charge is 0.381 e. The number of carbonyl (C=O) groups excluding carboxylic acids is 1. The molecule has 30 heavy (non-hydrogen) atoms. The highest BCUT2D eigenvalue weighted by Crippen LogP contribution is 2.33. The quantitative estimate of drug-likeness (QED) is 0.568. The molecule has 0 bridgehead atoms. The standard InChI is InChI=1S/C22H21FN2O4S/c23-16-12-14(22-28-8-1-9-29-22)2-3-15(16)20-25-18-5-4-17(24-21(18)30-20)19(26)13-6-10-27-11-7-13/h2-5,12-13,22H,1,6-11H2. The number of ketones is 1. The molecule has 4 heterocycles. The summed E-state index contributed by atoms with van der Waals surface area (Å²) in [6.45, 7) is 2.42. The van der Waals surface area contributed by atoms with Crippen molar-refractivity contribution in [1.82, 2.24) is 9.97 Å². The van der Waals surface area contributed by atoms with Crippen molar-refractivity contribution in [2.75, 3.05) is 26.4 Å². The van der Waals surface area contributed by atoms with Crippen molar-refractivity contribution in [2.24, 2.45) is 5.92 Å². The van der Waals surface area contributed by atoms with Gasteiger partial charge in [-0.05, 0) is 43.5 Å². The molecule has 2 aliphatic heterocycles. The molecule has 156 valence electrons. The van der Waals surface area contributed by atoms with Crippen LogP contribution < -0.4 is 0 Å². The Morgan fingerprint density at radius 1 is 1.03 bits per heavy atom. The molecule has 0 amide bonds. The highest BCUT2D eigenvalue weighted by atomic mass is 32.1. The number of halogens is 1. The molecule has 0 saturated carbocycles. The van der Waals surface area contributed by atoms with Gasteiger partial charge in [0.1, 0.15) is 26.9 Å². The molecule has 0 radical (unpaired) electrons. The first-order valence-corrected chi connectivity index (χ1v) is 10.9. The summed E-state index contributed by atoms with van der Waals surface area (Å²) in [6, 6.07) is 8.42. The number of hydrogen-bond donors (Lipinski definition) is 0. The number of hydrogen-bond acceptors (Lipinski definition) is 7. The normalized spacial score (nSPS) is 18.7. The van der Waals surface area contributed by atoms with Gasteiger partial charge in [0.15, 0.2) is 12.1 Å². The minimum Gasteiger partial charge on any atom is -0.381 e. The molecule has 0 atom stereocenters. The van der Waals surface area contributed by atoms with Gasteiger partial charge in [-0.25, -0.2) is 14.4 Å². The fourth-order valence-electron chi connectivity index (χ4n) is 3.77. The summed E-state index contributed by atoms with van der Waals surface area (Å²) >= 11 is 1.28. The second-order valence-corrected chi connectivity index (χ2v) is 8.43. The molecule has 5 rings (SSSR count). The maximum atomic E-state index is 14.8. The Morgan fingerprint density at radius 2 is 1.83 bits per heavy atom. The summed E-state index contributed by atoms with van der Waals surface area (Å²) in [6.07, 6.45) is 1.75. The SMILES string of the molecule is O=C(c1ccc2nc(-c3ccc(C4OCCCO4)cc3F)sc2n1)C1CCOCC1. The molecule has 2 aliphatic rings. The second-order valence-electron chi connectivity index (χ2n) is 7.46. The fraction of sp³-hybridized carbons (Fsp3) is 0.409. The molecule has 0 N–H and O–H groups in total. The van der Waals surface area contributed by atoms with Gasteiger partial charge in [0.05, 0.1) is 13.2 Å². The number of ether oxygens (including phenoxy) is 3. The van der Waals surface area contributed by atoms with Gasteiger partial charge in [-0.15, -0.1) is 0 Å². The van der Waals surface area contributed by atoms with Crippen LogP contribution in [0.25, 0.3) is 20.9 Å². The predicted octanol–water partition coefficient (Wildman–Crippen LogP) is 4.54. The lowest BCUT2D eigenvalue weighted by molar-refractivity contribution is -0.183. The van der Waals surface area contributed by atoms with Crippen LogP contribution in [0.3, 0.4) is 0 Å². The van der Waals surface area contributed by atoms with Gasteiger partial charge in [0.25, 0.3) is 0 Å². The molecule has 2 fully saturated rings. The number of Topliss-reactive ketones (excluding diaryl/α,β-unsaturated/α-hetero) is 1. The van der Waals surface area contributed by atoms with Gasteiger partial charge in [0.2, 0.25) is 0 Å². The number of fused-ring (bicyclic) bond motifs is 1. The van der Waals surface area contributed by atoms with Crippen LogP contribution in [0.2, 0.25) is 0 Å². The Morgan fingerprint density at radius 3 is 2.60 bits per heavy atom. The highest BCUT2D eigenvalue weighted by molar-refractivity contribution is 7.21. The van der Waals surface area contributed by atoms with E-state index in [0.29, 0.717) is 58.6 Å². The zero-order chi connectivity index (χ0) is 20.5. The van der Waals surface area contributed by atoms with Crippen LogP contribution in [0.1, 0.15) is 41.6 Å². The van der Waals surface area contributed by atoms with Crippen LogP contribution in [0, 0.1) is 11.7 Å². The number of nitrogens with zero attached hydrogens (tertiary/aromatic N) is 2. The maximum absolute atomic E-state index is 14.8. The van der Waals surface area contributed by atoms with Crippen molar-refractivity contribution in [3.8, 4) is 10.6 Å². The maximum Gasteiger partial charge on any atom is 0.184 e. The van der Waals surface area contributed by atoms with E-state index >= 15 is 0 Å². The van der Waals surface area contributed by atoms with Crippen LogP contribution >= 0.6 is 11.3 Å². The summed E-state index contributed by atoms with van der Waals surface area (Å²) in [5.74, 6) is -0.397. The molecule has 3 aromatic rings. The van der Waals surface area contributed by atoms with Crippen LogP contribution in [-0.4, -0.2) is 42.2 Å². The molecule has 0 aliphatic carbocycles. The Balaban J connectivity index is 1.41. The van der Waals surface area contributed by atoms with Crippen LogP contribution in [0.5, 0.6) is 0 Å². The number of rotatable bonds is 4. The van der Waals surface area contributed by atoms with Crippen LogP contribution in [-0.2, 0) is 14.2 Å². The zero-order valence-corrected chi connectivity index (χ0v) is 17.1. The summed E-state index contributed by atoms with van der Waals surface area (Å²) in [5, 5.41) is 0.530. The smallest absolute Gasteiger partial charge is 0.184 e. The topological polar surface area (TPSA) is 70.5 Å². The molecule has 6 nitrogen and oxygen atoms in total. The van der Waals surface area contributed by atoms with E-state index in [4.69, 9.17) is 14.2 Å². The van der Waals surface area contributed by atoms with Crippen LogP contribution in [0.15, 0.2) is 30.3 Å². The molecule has 8 heteroatoms. The van der Waals surface area contributed by atoms with Crippen molar-refractivity contribution < 1.29 is 23.4 Å². The van der Waals surface area contributed by atoms with Crippen molar-refractivity contribution in [1.29, 1.82) is 0 Å². The fourth-order valence-corrected chi connectivity index (χ4v) is 4.73. The van der Waals surface area contributed by atoms with E-state index in [-0.39, 0.29) is 17.5 Å². The first-order chi connectivity index (χ1) is 14.7. The molecule has 0 spiro atoms. The van der Waals surface area contributed by atoms with E-state index in [1.165, 1.54) is 17.4 Å². The highest BCUT2D eigenvalue weighted by Gasteiger charge is 2.25. The predicted molar refractivity (Wildman–Crippen MR) is 110 cm³/mol. The minimum absolute atomic E-state index is 0.0400. The van der Waals surface area contributed by atoms with E-state index in [1.807, 2.05) is 0 Å². The van der Waals surface area contributed by atoms with E-state index in [1.54, 1.807) is 24.3 Å². The zero-order valence-electron chi connectivity index (χ0n) is 16.3. The Kier molecular flexibility index (Phi) is 5.56. The Hall–Kier alpha value is -2.26. The van der Waals surface area contributed by atoms with E-state index in [9.17, 15) is 9.18 Å². The number of carbonyl (C=O) groups is 1. The monoisotopic (exact) mass is 428 g/mol. The molecule has 2 saturated heterocycles. The molecular formula is C22H21FN2O4S. The van der Waals surface area contributed by atoms with E-state index in [2.05, 4.69) is 9.97 Å². The van der Waals surface area contributed by atoms with Gasteiger partial charge in [-0.1, -0.05) is 17.4 Å². The molecular weight excluding hydrogens is 407 g/mol. The first kappa shape index (κ1) is 19.7. The van der Waals surface area contributed by atoms with E-state index in [0.717, 1.165) is 19.3 Å². The van der Waals surface area contributed by atoms with Gasteiger partial charge in [-0.2, -0.15) is 0 Å². The lowest BCUT2D eigenvalue weighted by Gasteiger charge is -2.23. The number of pyridine rings is 1. The van der Waals surface area contributed by atoms with E-state index < -0.39 is 6.29 Å². The van der Waals surface area contributed by atoms with Crippen molar-refractivity contribution >= 4 is 27.5 Å². The minimum atomic E-state index is -0.530. The van der Waals surface area contributed by atoms with Crippen LogP contribution in [0.4, 0.5) is 4.39 Å². The van der Waals surface area contributed by atoms with Crippen molar-refractivity contribution in [2.45, 2.75) is 25.6 Å². The number of thiazole rings is 1. The number of aromatic nitrogens is 2. The summed E-state index contributed by atoms with van der Waals surface area (Å²) in [4.78, 5) is 22.4. The average Bonchev–Trinajstić information content (AvgIpc) is 3.22. The third kappa shape index (κ3) is 3.88. The Labute approximate surface area is 177 Å². The lowest BCUT2D eigenvalue weighted by Crippen LogP contribution is -2.24. The number of benzene rings is 1. The van der Waals surface area contributed by atoms with Crippen molar-refractivity contribution in [3.63, 3.8) is 0 Å². The summed E-state index contributed by atoms with van der Waals surface area (Å²) < 4.78 is 31.3. The van der Waals surface area contributed by atoms with Gasteiger partial charge >= 0.3 is 0 Å².